The van der Waals surface area contributed by atoms with Crippen LogP contribution in [0.25, 0.3) is 10.9 Å². The van der Waals surface area contributed by atoms with Gasteiger partial charge in [-0.15, -0.1) is 0 Å². The van der Waals surface area contributed by atoms with E-state index >= 15 is 0 Å². The van der Waals surface area contributed by atoms with Crippen LogP contribution in [-0.4, -0.2) is 67.2 Å². The van der Waals surface area contributed by atoms with Gasteiger partial charge in [0.1, 0.15) is 0 Å². The number of fused-ring (bicyclic) bond motifs is 1. The number of carboxylic acids is 2. The van der Waals surface area contributed by atoms with Crippen molar-refractivity contribution in [1.29, 1.82) is 0 Å². The van der Waals surface area contributed by atoms with Crippen LogP contribution in [0.3, 0.4) is 0 Å². The number of benzene rings is 1. The summed E-state index contributed by atoms with van der Waals surface area (Å²) in [5, 5.41) is 37.4. The van der Waals surface area contributed by atoms with Crippen LogP contribution in [0.4, 0.5) is 0 Å². The highest BCUT2D eigenvalue weighted by atomic mass is 16.4. The third-order valence-electron chi connectivity index (χ3n) is 6.00. The number of rotatable bonds is 7. The molecule has 2 atom stereocenters. The zero-order chi connectivity index (χ0) is 24.8. The number of para-hydroxylation sites is 1. The standard InChI is InChI=1S/C21H32N4O2.C2H2O4/c1-5-21(27,6-2)12-15-11-16(13-22-15)23-20(26)19-17-9-7-8-10-18(17)25(24-19)14(3)4;3-1(4)2(5)6/h7-10,14-16,22,27H,5-6,11-13H2,1-4H3,(H,23,26);(H,3,4)(H,5,6)/t15-,16-;/m0./s1. The largest absolute Gasteiger partial charge is 0.473 e. The average molecular weight is 463 g/mol. The number of hydrogen-bond acceptors (Lipinski definition) is 6. The van der Waals surface area contributed by atoms with Gasteiger partial charge < -0.3 is 26.0 Å². The summed E-state index contributed by atoms with van der Waals surface area (Å²) in [6.45, 7) is 8.90. The number of carboxylic acid groups (broad SMARTS) is 2. The van der Waals surface area contributed by atoms with Gasteiger partial charge in [-0.1, -0.05) is 32.0 Å². The lowest BCUT2D eigenvalue weighted by atomic mass is 9.89. The summed E-state index contributed by atoms with van der Waals surface area (Å²) >= 11 is 0. The fourth-order valence-corrected chi connectivity index (χ4v) is 3.99. The Morgan fingerprint density at radius 3 is 2.33 bits per heavy atom. The van der Waals surface area contributed by atoms with Gasteiger partial charge in [0, 0.05) is 30.1 Å². The summed E-state index contributed by atoms with van der Waals surface area (Å²) in [6, 6.07) is 8.34. The smallest absolute Gasteiger partial charge is 0.414 e. The summed E-state index contributed by atoms with van der Waals surface area (Å²) in [5.41, 5.74) is 0.848. The van der Waals surface area contributed by atoms with Gasteiger partial charge in [0.25, 0.3) is 5.91 Å². The molecule has 0 saturated carbocycles. The number of carbonyl (C=O) groups excluding carboxylic acids is 1. The van der Waals surface area contributed by atoms with Crippen LogP contribution in [0, 0.1) is 0 Å². The highest BCUT2D eigenvalue weighted by Crippen LogP contribution is 2.26. The van der Waals surface area contributed by atoms with Gasteiger partial charge in [-0.3, -0.25) is 9.48 Å². The van der Waals surface area contributed by atoms with Crippen LogP contribution in [-0.2, 0) is 9.59 Å². The average Bonchev–Trinajstić information content (AvgIpc) is 3.38. The van der Waals surface area contributed by atoms with E-state index in [-0.39, 0.29) is 24.0 Å². The molecule has 1 saturated heterocycles. The molecule has 1 amide bonds. The molecule has 1 aromatic carbocycles. The van der Waals surface area contributed by atoms with Crippen molar-refractivity contribution in [2.75, 3.05) is 6.54 Å². The third kappa shape index (κ3) is 6.75. The number of aliphatic carboxylic acids is 2. The lowest BCUT2D eigenvalue weighted by molar-refractivity contribution is -0.159. The lowest BCUT2D eigenvalue weighted by Gasteiger charge is -2.28. The lowest BCUT2D eigenvalue weighted by Crippen LogP contribution is -2.36. The summed E-state index contributed by atoms with van der Waals surface area (Å²) in [7, 11) is 0. The van der Waals surface area contributed by atoms with Gasteiger partial charge in [-0.25, -0.2) is 9.59 Å². The molecule has 0 aliphatic carbocycles. The molecule has 182 valence electrons. The Morgan fingerprint density at radius 2 is 1.79 bits per heavy atom. The topological polar surface area (TPSA) is 154 Å². The number of nitrogens with zero attached hydrogens (tertiary/aromatic N) is 2. The molecule has 3 rings (SSSR count). The van der Waals surface area contributed by atoms with Crippen molar-refractivity contribution in [1.82, 2.24) is 20.4 Å². The van der Waals surface area contributed by atoms with Crippen molar-refractivity contribution in [3.05, 3.63) is 30.0 Å². The molecule has 1 aliphatic heterocycles. The van der Waals surface area contributed by atoms with Gasteiger partial charge in [-0.05, 0) is 45.6 Å². The highest BCUT2D eigenvalue weighted by Gasteiger charge is 2.33. The van der Waals surface area contributed by atoms with E-state index < -0.39 is 17.5 Å². The van der Waals surface area contributed by atoms with Crippen molar-refractivity contribution >= 4 is 28.7 Å². The molecule has 10 heteroatoms. The van der Waals surface area contributed by atoms with Crippen molar-refractivity contribution in [2.24, 2.45) is 0 Å². The molecule has 1 fully saturated rings. The Balaban J connectivity index is 0.000000569. The van der Waals surface area contributed by atoms with E-state index in [4.69, 9.17) is 19.8 Å². The molecular weight excluding hydrogens is 428 g/mol. The summed E-state index contributed by atoms with van der Waals surface area (Å²) in [6.07, 6.45) is 3.04. The van der Waals surface area contributed by atoms with E-state index in [0.717, 1.165) is 43.1 Å². The van der Waals surface area contributed by atoms with Crippen LogP contribution in [0.1, 0.15) is 69.9 Å². The van der Waals surface area contributed by atoms with Gasteiger partial charge in [0.15, 0.2) is 5.69 Å². The van der Waals surface area contributed by atoms with Crippen LogP contribution in [0.5, 0.6) is 0 Å². The van der Waals surface area contributed by atoms with Gasteiger partial charge in [0.2, 0.25) is 0 Å². The van der Waals surface area contributed by atoms with Crippen LogP contribution < -0.4 is 10.6 Å². The maximum Gasteiger partial charge on any atom is 0.414 e. The van der Waals surface area contributed by atoms with E-state index in [2.05, 4.69) is 29.6 Å². The molecule has 5 N–H and O–H groups in total. The zero-order valence-electron chi connectivity index (χ0n) is 19.5. The summed E-state index contributed by atoms with van der Waals surface area (Å²) < 4.78 is 1.91. The van der Waals surface area contributed by atoms with Gasteiger partial charge in [-0.2, -0.15) is 5.10 Å². The molecule has 1 aromatic heterocycles. The minimum absolute atomic E-state index is 0.0587. The first-order valence-corrected chi connectivity index (χ1v) is 11.2. The van der Waals surface area contributed by atoms with Crippen molar-refractivity contribution in [3.8, 4) is 0 Å². The first kappa shape index (κ1) is 26.3. The molecule has 10 nitrogen and oxygen atoms in total. The second-order valence-electron chi connectivity index (χ2n) is 8.66. The Hall–Kier alpha value is -2.98. The Kier molecular flexibility index (Phi) is 8.95. The van der Waals surface area contributed by atoms with E-state index in [0.29, 0.717) is 5.69 Å². The van der Waals surface area contributed by atoms with E-state index in [9.17, 15) is 9.90 Å². The summed E-state index contributed by atoms with van der Waals surface area (Å²) in [5.74, 6) is -3.77. The Morgan fingerprint density at radius 1 is 1.18 bits per heavy atom. The zero-order valence-corrected chi connectivity index (χ0v) is 19.5. The molecule has 0 spiro atoms. The predicted molar refractivity (Wildman–Crippen MR) is 123 cm³/mol. The number of aliphatic hydroxyl groups is 1. The van der Waals surface area contributed by atoms with Gasteiger partial charge >= 0.3 is 11.9 Å². The number of hydrogen-bond donors (Lipinski definition) is 5. The quantitative estimate of drug-likeness (QED) is 0.392. The SMILES string of the molecule is CCC(O)(CC)C[C@@H]1C[C@H](NC(=O)c2nn(C(C)C)c3ccccc23)CN1.O=C(O)C(=O)O. The number of carbonyl (C=O) groups is 3. The van der Waals surface area contributed by atoms with Crippen molar-refractivity contribution in [2.45, 2.75) is 77.1 Å². The fourth-order valence-electron chi connectivity index (χ4n) is 3.99. The minimum Gasteiger partial charge on any atom is -0.473 e. The van der Waals surface area contributed by atoms with Crippen LogP contribution in [0.15, 0.2) is 24.3 Å². The van der Waals surface area contributed by atoms with E-state index in [1.807, 2.05) is 42.8 Å². The predicted octanol–water partition coefficient (Wildman–Crippen LogP) is 2.17. The molecule has 0 radical (unpaired) electrons. The van der Waals surface area contributed by atoms with Crippen LogP contribution >= 0.6 is 0 Å². The highest BCUT2D eigenvalue weighted by molar-refractivity contribution is 6.27. The normalized spacial score (nSPS) is 18.1. The second-order valence-corrected chi connectivity index (χ2v) is 8.66. The fraction of sp³-hybridized carbons (Fsp3) is 0.565. The maximum absolute atomic E-state index is 12.9. The minimum atomic E-state index is -1.82. The Labute approximate surface area is 193 Å². The summed E-state index contributed by atoms with van der Waals surface area (Å²) in [4.78, 5) is 31.1. The monoisotopic (exact) mass is 462 g/mol. The molecule has 1 aliphatic rings. The molecule has 33 heavy (non-hydrogen) atoms. The van der Waals surface area contributed by atoms with Crippen LogP contribution in [0.2, 0.25) is 0 Å². The maximum atomic E-state index is 12.9. The second kappa shape index (κ2) is 11.2. The molecule has 2 aromatic rings. The van der Waals surface area contributed by atoms with E-state index in [1.165, 1.54) is 0 Å². The third-order valence-corrected chi connectivity index (χ3v) is 6.00. The molecular formula is C23H34N4O6. The molecule has 0 unspecified atom stereocenters. The van der Waals surface area contributed by atoms with Crippen molar-refractivity contribution in [3.63, 3.8) is 0 Å². The van der Waals surface area contributed by atoms with Gasteiger partial charge in [0.05, 0.1) is 11.1 Å². The molecule has 0 bridgehead atoms. The number of nitrogens with one attached hydrogen (secondary N) is 2. The Bertz CT molecular complexity index is 970. The first-order valence-electron chi connectivity index (χ1n) is 11.2. The first-order chi connectivity index (χ1) is 15.5. The molecule has 2 heterocycles. The number of aromatic nitrogens is 2. The van der Waals surface area contributed by atoms with E-state index in [1.54, 1.807) is 0 Å². The number of amides is 1. The van der Waals surface area contributed by atoms with Crippen molar-refractivity contribution < 1.29 is 29.7 Å².